The Hall–Kier alpha value is -2.20. The molecule has 0 aromatic rings. The molecule has 0 aromatic heterocycles. The monoisotopic (exact) mass is 503 g/mol. The molecule has 0 aliphatic rings. The van der Waals surface area contributed by atoms with Gasteiger partial charge in [0.15, 0.2) is 5.25 Å². The molecule has 0 spiro atoms. The topological polar surface area (TPSA) is 147 Å². The van der Waals surface area contributed by atoms with E-state index in [1.54, 1.807) is 12.2 Å². The summed E-state index contributed by atoms with van der Waals surface area (Å²) in [5.41, 5.74) is 0. The largest absolute Gasteiger partial charge is 0.480 e. The van der Waals surface area contributed by atoms with E-state index in [1.165, 1.54) is 70.3 Å². The Kier molecular flexibility index (Phi) is 18.9. The van der Waals surface area contributed by atoms with E-state index in [0.717, 1.165) is 12.8 Å². The lowest BCUT2D eigenvalue weighted by Gasteiger charge is -2.09. The zero-order valence-electron chi connectivity index (χ0n) is 20.2. The van der Waals surface area contributed by atoms with Crippen LogP contribution < -0.4 is 5.32 Å². The Balaban J connectivity index is 3.72. The summed E-state index contributed by atoms with van der Waals surface area (Å²) in [6.07, 6.45) is 21.0. The second-order valence-corrected chi connectivity index (χ2v) is 9.77. The lowest BCUT2D eigenvalue weighted by molar-refractivity contribution is -0.147. The first-order valence-corrected chi connectivity index (χ1v) is 13.6. The van der Waals surface area contributed by atoms with Gasteiger partial charge in [-0.2, -0.15) is 8.42 Å². The minimum atomic E-state index is -4.92. The Bertz CT molecular complexity index is 746. The number of ether oxygens (including phenoxy) is 1. The minimum absolute atomic E-state index is 0.0268. The predicted molar refractivity (Wildman–Crippen MR) is 131 cm³/mol. The zero-order valence-corrected chi connectivity index (χ0v) is 21.1. The lowest BCUT2D eigenvalue weighted by Crippen LogP contribution is -2.33. The van der Waals surface area contributed by atoms with Crippen molar-refractivity contribution in [1.82, 2.24) is 5.32 Å². The highest BCUT2D eigenvalue weighted by molar-refractivity contribution is 7.87. The molecule has 0 bridgehead atoms. The second-order valence-electron chi connectivity index (χ2n) is 8.17. The number of unbranched alkanes of at least 4 members (excludes halogenated alkanes) is 11. The molecule has 0 aliphatic heterocycles. The highest BCUT2D eigenvalue weighted by Gasteiger charge is 2.33. The number of carbonyl (C=O) groups is 3. The van der Waals surface area contributed by atoms with Crippen molar-refractivity contribution in [2.24, 2.45) is 0 Å². The number of hydrogen-bond donors (Lipinski definition) is 3. The zero-order chi connectivity index (χ0) is 25.7. The van der Waals surface area contributed by atoms with Gasteiger partial charge in [0.25, 0.3) is 10.1 Å². The minimum Gasteiger partial charge on any atom is -0.480 e. The van der Waals surface area contributed by atoms with Gasteiger partial charge in [-0.05, 0) is 12.8 Å². The first kappa shape index (κ1) is 31.8. The third kappa shape index (κ3) is 19.3. The number of nitrogens with one attached hydrogen (secondary N) is 1. The number of aliphatic carboxylic acids is 1. The molecular weight excluding hydrogens is 462 g/mol. The number of hydrogen-bond acceptors (Lipinski definition) is 6. The highest BCUT2D eigenvalue weighted by Crippen LogP contribution is 2.12. The maximum Gasteiger partial charge on any atom is 0.325 e. The summed E-state index contributed by atoms with van der Waals surface area (Å²) >= 11 is 0. The SMILES string of the molecule is CCCCCCCCCCCCCC=CC=CC(=O)NCCOC(=O)CC(C(=O)O)S(=O)(=O)O. The molecule has 1 unspecified atom stereocenters. The van der Waals surface area contributed by atoms with Gasteiger partial charge in [-0.3, -0.25) is 18.9 Å². The van der Waals surface area contributed by atoms with Crippen LogP contribution in [0.25, 0.3) is 0 Å². The molecule has 0 radical (unpaired) electrons. The van der Waals surface area contributed by atoms with Crippen molar-refractivity contribution in [3.8, 4) is 0 Å². The lowest BCUT2D eigenvalue weighted by atomic mass is 10.1. The van der Waals surface area contributed by atoms with Crippen molar-refractivity contribution >= 4 is 28.0 Å². The van der Waals surface area contributed by atoms with Crippen LogP contribution in [0.1, 0.15) is 90.4 Å². The van der Waals surface area contributed by atoms with Gasteiger partial charge in [0, 0.05) is 6.08 Å². The van der Waals surface area contributed by atoms with Crippen LogP contribution in [-0.2, 0) is 29.2 Å². The van der Waals surface area contributed by atoms with E-state index in [4.69, 9.17) is 9.66 Å². The number of amides is 1. The number of carbonyl (C=O) groups excluding carboxylic acids is 2. The van der Waals surface area contributed by atoms with E-state index in [1.807, 2.05) is 6.08 Å². The van der Waals surface area contributed by atoms with Crippen LogP contribution >= 0.6 is 0 Å². The Morgan fingerprint density at radius 2 is 1.47 bits per heavy atom. The number of allylic oxidation sites excluding steroid dienone is 3. The van der Waals surface area contributed by atoms with E-state index in [-0.39, 0.29) is 13.2 Å². The molecule has 34 heavy (non-hydrogen) atoms. The van der Waals surface area contributed by atoms with Gasteiger partial charge in [0.1, 0.15) is 6.61 Å². The van der Waals surface area contributed by atoms with E-state index in [2.05, 4.69) is 17.0 Å². The molecule has 0 fully saturated rings. The average molecular weight is 504 g/mol. The number of carboxylic acid groups (broad SMARTS) is 1. The van der Waals surface area contributed by atoms with Crippen LogP contribution in [0.5, 0.6) is 0 Å². The van der Waals surface area contributed by atoms with Crippen molar-refractivity contribution in [3.05, 3.63) is 24.3 Å². The average Bonchev–Trinajstić information content (AvgIpc) is 2.76. The van der Waals surface area contributed by atoms with E-state index in [9.17, 15) is 22.8 Å². The van der Waals surface area contributed by atoms with Crippen molar-refractivity contribution in [1.29, 1.82) is 0 Å². The van der Waals surface area contributed by atoms with Crippen molar-refractivity contribution in [2.75, 3.05) is 13.2 Å². The summed E-state index contributed by atoms with van der Waals surface area (Å²) < 4.78 is 35.3. The molecule has 1 atom stereocenters. The van der Waals surface area contributed by atoms with Gasteiger partial charge in [-0.25, -0.2) is 0 Å². The molecule has 0 saturated heterocycles. The molecule has 0 aliphatic carbocycles. The van der Waals surface area contributed by atoms with Crippen LogP contribution in [0, 0.1) is 0 Å². The molecule has 0 aromatic carbocycles. The Morgan fingerprint density at radius 1 is 0.912 bits per heavy atom. The summed E-state index contributed by atoms with van der Waals surface area (Å²) in [5.74, 6) is -3.36. The van der Waals surface area contributed by atoms with E-state index in [0.29, 0.717) is 0 Å². The van der Waals surface area contributed by atoms with Crippen molar-refractivity contribution < 1.29 is 37.2 Å². The molecule has 3 N–H and O–H groups in total. The van der Waals surface area contributed by atoms with Crippen LogP contribution in [0.3, 0.4) is 0 Å². The van der Waals surface area contributed by atoms with E-state index < -0.39 is 39.6 Å². The predicted octanol–water partition coefficient (Wildman–Crippen LogP) is 4.19. The van der Waals surface area contributed by atoms with Crippen LogP contribution in [-0.4, -0.2) is 54.3 Å². The number of rotatable bonds is 21. The van der Waals surface area contributed by atoms with Gasteiger partial charge < -0.3 is 15.2 Å². The summed E-state index contributed by atoms with van der Waals surface area (Å²) in [7, 11) is -4.92. The standard InChI is InChI=1S/C24H41NO8S/c1-2-3-4-5-6-7-8-9-10-11-12-13-14-15-16-17-22(26)25-18-19-33-23(27)20-21(24(28)29)34(30,31)32/h14-17,21H,2-13,18-20H2,1H3,(H,25,26)(H,28,29)(H,30,31,32). The van der Waals surface area contributed by atoms with Crippen LogP contribution in [0.15, 0.2) is 24.3 Å². The fourth-order valence-electron chi connectivity index (χ4n) is 3.17. The summed E-state index contributed by atoms with van der Waals surface area (Å²) in [5, 5.41) is 8.91. The maximum atomic E-state index is 11.7. The second kappa shape index (κ2) is 20.2. The molecule has 0 saturated carbocycles. The molecule has 196 valence electrons. The normalized spacial score (nSPS) is 12.8. The molecule has 10 heteroatoms. The number of carboxylic acids is 1. The Labute approximate surface area is 203 Å². The summed E-state index contributed by atoms with van der Waals surface area (Å²) in [6, 6.07) is 0. The third-order valence-corrected chi connectivity index (χ3v) is 6.21. The highest BCUT2D eigenvalue weighted by atomic mass is 32.2. The van der Waals surface area contributed by atoms with Gasteiger partial charge in [0.05, 0.1) is 13.0 Å². The molecule has 0 rings (SSSR count). The third-order valence-electron chi connectivity index (χ3n) is 5.12. The maximum absolute atomic E-state index is 11.7. The Morgan fingerprint density at radius 3 is 2.00 bits per heavy atom. The fraction of sp³-hybridized carbons (Fsp3) is 0.708. The molecule has 1 amide bonds. The van der Waals surface area contributed by atoms with Gasteiger partial charge in [0.2, 0.25) is 5.91 Å². The van der Waals surface area contributed by atoms with Gasteiger partial charge >= 0.3 is 11.9 Å². The first-order valence-electron chi connectivity index (χ1n) is 12.1. The molecule has 9 nitrogen and oxygen atoms in total. The first-order chi connectivity index (χ1) is 16.2. The van der Waals surface area contributed by atoms with E-state index >= 15 is 0 Å². The van der Waals surface area contributed by atoms with Crippen LogP contribution in [0.2, 0.25) is 0 Å². The quantitative estimate of drug-likeness (QED) is 0.0694. The molecular formula is C24H41NO8S. The summed E-state index contributed by atoms with van der Waals surface area (Å²) in [4.78, 5) is 33.9. The van der Waals surface area contributed by atoms with Crippen LogP contribution in [0.4, 0.5) is 0 Å². The number of esters is 1. The van der Waals surface area contributed by atoms with Crippen molar-refractivity contribution in [3.63, 3.8) is 0 Å². The fourth-order valence-corrected chi connectivity index (χ4v) is 3.77. The van der Waals surface area contributed by atoms with Crippen molar-refractivity contribution in [2.45, 2.75) is 95.6 Å². The van der Waals surface area contributed by atoms with Gasteiger partial charge in [-0.15, -0.1) is 0 Å². The van der Waals surface area contributed by atoms with Gasteiger partial charge in [-0.1, -0.05) is 89.4 Å². The summed E-state index contributed by atoms with van der Waals surface area (Å²) in [6.45, 7) is 1.95. The molecule has 0 heterocycles. The smallest absolute Gasteiger partial charge is 0.325 e.